The molecule has 1 aliphatic rings. The van der Waals surface area contributed by atoms with Crippen molar-refractivity contribution in [1.82, 2.24) is 35.8 Å². The molecule has 6 rings (SSSR count). The van der Waals surface area contributed by atoms with Crippen LogP contribution in [0.4, 0.5) is 21.9 Å². The number of amides is 5. The number of carbonyl (C=O) groups excluding carboxylic acids is 5. The lowest BCUT2D eigenvalue weighted by Crippen LogP contribution is -2.49. The van der Waals surface area contributed by atoms with Gasteiger partial charge >= 0.3 is 23.8 Å². The van der Waals surface area contributed by atoms with Crippen LogP contribution >= 0.6 is 11.6 Å². The summed E-state index contributed by atoms with van der Waals surface area (Å²) in [5.41, 5.74) is 1.93. The Bertz CT molecular complexity index is 2420. The second kappa shape index (κ2) is 16.8. The van der Waals surface area contributed by atoms with Gasteiger partial charge in [-0.05, 0) is 104 Å². The Balaban J connectivity index is 1.17. The van der Waals surface area contributed by atoms with Crippen molar-refractivity contribution in [2.24, 2.45) is 0 Å². The van der Waals surface area contributed by atoms with Crippen LogP contribution in [0.25, 0.3) is 16.6 Å². The van der Waals surface area contributed by atoms with Crippen molar-refractivity contribution in [2.45, 2.75) is 57.7 Å². The molecule has 0 unspecified atom stereocenters. The third-order valence-electron chi connectivity index (χ3n) is 8.68. The van der Waals surface area contributed by atoms with Crippen molar-refractivity contribution in [3.8, 4) is 5.69 Å². The standard InChI is InChI=1S/C37H39ClN10O8S/c1-37(2,3)56-35(52)30-18-22-17-26(9-10-27(22)43-30)40-32(49)29(45-34(51)33(50)44-28-19-23(38)6-11-31(28)48-20-39-46-47-48)16-21-4-7-24(8-5-21)41-36(53)42-25-12-14-57(54,55)15-13-25/h4-11,17-20,25,29,43H,12-16H2,1-3H3,(H,40,49)(H,44,50)(H,45,51)(H2,41,42,53)/t29-/m0/s1. The molecule has 5 amide bonds. The van der Waals surface area contributed by atoms with Crippen LogP contribution in [0.5, 0.6) is 0 Å². The van der Waals surface area contributed by atoms with Crippen LogP contribution in [0.2, 0.25) is 5.02 Å². The summed E-state index contributed by atoms with van der Waals surface area (Å²) in [6.45, 7) is 5.27. The minimum atomic E-state index is -3.08. The van der Waals surface area contributed by atoms with E-state index < -0.39 is 51.2 Å². The Hall–Kier alpha value is -6.34. The Morgan fingerprint density at radius 3 is 2.32 bits per heavy atom. The van der Waals surface area contributed by atoms with Crippen LogP contribution in [0.3, 0.4) is 0 Å². The molecule has 6 N–H and O–H groups in total. The number of rotatable bonds is 10. The quantitative estimate of drug-likeness (QED) is 0.0875. The fourth-order valence-corrected chi connectivity index (χ4v) is 7.59. The van der Waals surface area contributed by atoms with Gasteiger partial charge in [-0.15, -0.1) is 5.10 Å². The highest BCUT2D eigenvalue weighted by molar-refractivity contribution is 7.91. The average molecular weight is 819 g/mol. The first kappa shape index (κ1) is 40.3. The highest BCUT2D eigenvalue weighted by Gasteiger charge is 2.27. The molecule has 0 bridgehead atoms. The van der Waals surface area contributed by atoms with Gasteiger partial charge in [0.1, 0.15) is 33.5 Å². The number of hydrogen-bond acceptors (Lipinski definition) is 11. The molecule has 20 heteroatoms. The average Bonchev–Trinajstić information content (AvgIpc) is 3.83. The zero-order valence-corrected chi connectivity index (χ0v) is 32.5. The van der Waals surface area contributed by atoms with Gasteiger partial charge in [-0.25, -0.2) is 18.0 Å². The number of hydrogen-bond donors (Lipinski definition) is 6. The summed E-state index contributed by atoms with van der Waals surface area (Å²) in [7, 11) is -3.08. The first-order valence-electron chi connectivity index (χ1n) is 17.7. The summed E-state index contributed by atoms with van der Waals surface area (Å²) in [4.78, 5) is 68.7. The molecule has 298 valence electrons. The number of nitrogens with one attached hydrogen (secondary N) is 6. The molecule has 0 aliphatic carbocycles. The van der Waals surface area contributed by atoms with Gasteiger partial charge in [0.05, 0.1) is 22.9 Å². The molecule has 0 spiro atoms. The number of aromatic amines is 1. The number of fused-ring (bicyclic) bond motifs is 1. The van der Waals surface area contributed by atoms with E-state index >= 15 is 0 Å². The molecule has 3 aromatic carbocycles. The lowest BCUT2D eigenvalue weighted by atomic mass is 10.0. The van der Waals surface area contributed by atoms with E-state index in [1.54, 1.807) is 81.4 Å². The first-order valence-corrected chi connectivity index (χ1v) is 19.9. The highest BCUT2D eigenvalue weighted by Crippen LogP contribution is 2.25. The Morgan fingerprint density at radius 1 is 0.912 bits per heavy atom. The van der Waals surface area contributed by atoms with E-state index in [4.69, 9.17) is 16.3 Å². The third kappa shape index (κ3) is 10.9. The second-order valence-electron chi connectivity index (χ2n) is 14.3. The first-order chi connectivity index (χ1) is 27.0. The number of aromatic nitrogens is 5. The Kier molecular flexibility index (Phi) is 11.9. The van der Waals surface area contributed by atoms with Crippen molar-refractivity contribution in [1.29, 1.82) is 0 Å². The smallest absolute Gasteiger partial charge is 0.355 e. The van der Waals surface area contributed by atoms with Gasteiger partial charge < -0.3 is 36.3 Å². The molecule has 57 heavy (non-hydrogen) atoms. The third-order valence-corrected chi connectivity index (χ3v) is 10.6. The molecular weight excluding hydrogens is 780 g/mol. The number of esters is 1. The molecule has 5 aromatic rings. The number of H-pyrrole nitrogens is 1. The van der Waals surface area contributed by atoms with Crippen molar-refractivity contribution in [3.05, 3.63) is 89.3 Å². The summed E-state index contributed by atoms with van der Waals surface area (Å²) in [5, 5.41) is 25.2. The predicted molar refractivity (Wildman–Crippen MR) is 211 cm³/mol. The van der Waals surface area contributed by atoms with E-state index in [0.29, 0.717) is 46.4 Å². The number of tetrazole rings is 1. The van der Waals surface area contributed by atoms with E-state index in [0.717, 1.165) is 0 Å². The van der Waals surface area contributed by atoms with Crippen molar-refractivity contribution in [2.75, 3.05) is 27.5 Å². The monoisotopic (exact) mass is 818 g/mol. The van der Waals surface area contributed by atoms with E-state index in [-0.39, 0.29) is 40.4 Å². The highest BCUT2D eigenvalue weighted by atomic mass is 35.5. The van der Waals surface area contributed by atoms with Crippen LogP contribution in [-0.4, -0.2) is 92.5 Å². The fourth-order valence-electron chi connectivity index (χ4n) is 5.92. The van der Waals surface area contributed by atoms with E-state index in [9.17, 15) is 32.4 Å². The Morgan fingerprint density at radius 2 is 1.63 bits per heavy atom. The maximum absolute atomic E-state index is 13.9. The topological polar surface area (TPSA) is 248 Å². The molecule has 18 nitrogen and oxygen atoms in total. The number of sulfone groups is 1. The molecule has 2 aromatic heterocycles. The fraction of sp³-hybridized carbons (Fsp3) is 0.297. The Labute approximate surface area is 331 Å². The largest absolute Gasteiger partial charge is 0.455 e. The zero-order chi connectivity index (χ0) is 40.9. The molecule has 1 fully saturated rings. The van der Waals surface area contributed by atoms with Gasteiger partial charge in [-0.2, -0.15) is 4.68 Å². The summed E-state index contributed by atoms with van der Waals surface area (Å²) in [6.07, 6.45) is 1.87. The van der Waals surface area contributed by atoms with Crippen LogP contribution in [-0.2, 0) is 35.4 Å². The van der Waals surface area contributed by atoms with Gasteiger partial charge in [0.25, 0.3) is 0 Å². The summed E-state index contributed by atoms with van der Waals surface area (Å²) >= 11 is 6.17. The summed E-state index contributed by atoms with van der Waals surface area (Å²) in [5.74, 6) is -3.42. The zero-order valence-electron chi connectivity index (χ0n) is 31.0. The van der Waals surface area contributed by atoms with Gasteiger partial charge in [0.2, 0.25) is 5.91 Å². The van der Waals surface area contributed by atoms with Crippen LogP contribution in [0.15, 0.2) is 73.1 Å². The van der Waals surface area contributed by atoms with Crippen LogP contribution in [0, 0.1) is 0 Å². The van der Waals surface area contributed by atoms with Gasteiger partial charge in [0, 0.05) is 39.8 Å². The van der Waals surface area contributed by atoms with E-state index in [2.05, 4.69) is 47.1 Å². The van der Waals surface area contributed by atoms with Gasteiger partial charge in [0.15, 0.2) is 0 Å². The number of carbonyl (C=O) groups is 5. The van der Waals surface area contributed by atoms with Crippen LogP contribution < -0.4 is 26.6 Å². The molecule has 3 heterocycles. The maximum Gasteiger partial charge on any atom is 0.355 e. The lowest BCUT2D eigenvalue weighted by Gasteiger charge is -2.23. The van der Waals surface area contributed by atoms with Crippen molar-refractivity contribution < 1.29 is 37.1 Å². The molecule has 0 radical (unpaired) electrons. The SMILES string of the molecule is CC(C)(C)OC(=O)c1cc2cc(NC(=O)[C@H](Cc3ccc(NC(=O)NC4CCS(=O)(=O)CC4)cc3)NC(=O)C(=O)Nc3cc(Cl)ccc3-n3cnnn3)ccc2[nH]1. The molecule has 1 atom stereocenters. The summed E-state index contributed by atoms with van der Waals surface area (Å²) in [6, 6.07) is 15.5. The number of urea groups is 1. The van der Waals surface area contributed by atoms with Gasteiger partial charge in [-0.1, -0.05) is 23.7 Å². The minimum Gasteiger partial charge on any atom is -0.455 e. The lowest BCUT2D eigenvalue weighted by molar-refractivity contribution is -0.137. The minimum absolute atomic E-state index is 0.0116. The molecule has 1 saturated heterocycles. The van der Waals surface area contributed by atoms with Gasteiger partial charge in [-0.3, -0.25) is 14.4 Å². The molecular formula is C37H39ClN10O8S. The molecule has 0 saturated carbocycles. The van der Waals surface area contributed by atoms with Crippen molar-refractivity contribution in [3.63, 3.8) is 0 Å². The van der Waals surface area contributed by atoms with Crippen LogP contribution in [0.1, 0.15) is 49.7 Å². The number of benzene rings is 3. The number of ether oxygens (including phenoxy) is 1. The predicted octanol–water partition coefficient (Wildman–Crippen LogP) is 3.76. The normalized spacial score (nSPS) is 14.6. The number of anilines is 3. The maximum atomic E-state index is 13.9. The molecule has 1 aliphatic heterocycles. The number of halogens is 1. The van der Waals surface area contributed by atoms with E-state index in [1.807, 2.05) is 0 Å². The second-order valence-corrected chi connectivity index (χ2v) is 17.0. The van der Waals surface area contributed by atoms with Crippen molar-refractivity contribution >= 4 is 79.1 Å². The summed E-state index contributed by atoms with van der Waals surface area (Å²) < 4.78 is 30.2. The number of nitrogens with zero attached hydrogens (tertiary/aromatic N) is 4. The van der Waals surface area contributed by atoms with E-state index in [1.165, 1.54) is 17.1 Å².